The van der Waals surface area contributed by atoms with Crippen LogP contribution in [-0.4, -0.2) is 28.6 Å². The second-order valence-electron chi connectivity index (χ2n) is 7.26. The number of fused-ring (bicyclic) bond motifs is 1. The van der Waals surface area contributed by atoms with Gasteiger partial charge in [0.05, 0.1) is 11.6 Å². The summed E-state index contributed by atoms with van der Waals surface area (Å²) in [5.74, 6) is -0.987. The van der Waals surface area contributed by atoms with E-state index in [2.05, 4.69) is 0 Å². The number of alkyl halides is 3. The van der Waals surface area contributed by atoms with Crippen molar-refractivity contribution in [2.75, 3.05) is 6.54 Å². The fraction of sp³-hybridized carbons (Fsp3) is 0.318. The molecule has 0 radical (unpaired) electrons. The van der Waals surface area contributed by atoms with Crippen molar-refractivity contribution in [1.29, 1.82) is 0 Å². The smallest absolute Gasteiger partial charge is 0.416 e. The zero-order chi connectivity index (χ0) is 20.6. The van der Waals surface area contributed by atoms with Gasteiger partial charge in [0.25, 0.3) is 0 Å². The zero-order valence-corrected chi connectivity index (χ0v) is 16.3. The molecule has 0 aliphatic carbocycles. The maximum absolute atomic E-state index is 13.9. The van der Waals surface area contributed by atoms with Gasteiger partial charge in [-0.15, -0.1) is 11.3 Å². The third-order valence-corrected chi connectivity index (χ3v) is 6.51. The van der Waals surface area contributed by atoms with Crippen LogP contribution in [0.2, 0.25) is 0 Å². The molecule has 1 fully saturated rings. The van der Waals surface area contributed by atoms with Gasteiger partial charge in [0.15, 0.2) is 0 Å². The lowest BCUT2D eigenvalue weighted by Gasteiger charge is -2.40. The van der Waals surface area contributed by atoms with Crippen LogP contribution in [0.4, 0.5) is 13.2 Å². The number of nitrogens with zero attached hydrogens (tertiary/aromatic N) is 1. The first-order valence-corrected chi connectivity index (χ1v) is 10.4. The molecule has 0 bridgehead atoms. The van der Waals surface area contributed by atoms with Gasteiger partial charge in [0.2, 0.25) is 0 Å². The minimum atomic E-state index is -4.52. The van der Waals surface area contributed by atoms with Crippen molar-refractivity contribution >= 4 is 27.4 Å². The summed E-state index contributed by atoms with van der Waals surface area (Å²) in [6.07, 6.45) is -2.57. The van der Waals surface area contributed by atoms with Crippen molar-refractivity contribution in [1.82, 2.24) is 4.90 Å². The highest BCUT2D eigenvalue weighted by Crippen LogP contribution is 2.44. The van der Waals surface area contributed by atoms with Crippen molar-refractivity contribution in [2.24, 2.45) is 0 Å². The molecular weight excluding hydrogens is 399 g/mol. The van der Waals surface area contributed by atoms with Crippen molar-refractivity contribution < 1.29 is 23.1 Å². The number of carboxylic acids is 1. The summed E-state index contributed by atoms with van der Waals surface area (Å²) in [5.41, 5.74) is 0.127. The van der Waals surface area contributed by atoms with E-state index in [9.17, 15) is 23.1 Å². The van der Waals surface area contributed by atoms with E-state index < -0.39 is 29.8 Å². The number of piperidine rings is 1. The van der Waals surface area contributed by atoms with E-state index in [1.54, 1.807) is 11.0 Å². The van der Waals surface area contributed by atoms with Crippen LogP contribution in [0, 0.1) is 0 Å². The Morgan fingerprint density at radius 1 is 1.07 bits per heavy atom. The van der Waals surface area contributed by atoms with Gasteiger partial charge >= 0.3 is 12.1 Å². The van der Waals surface area contributed by atoms with E-state index in [-0.39, 0.29) is 5.56 Å². The normalized spacial score (nSPS) is 19.3. The molecule has 0 amide bonds. The Bertz CT molecular complexity index is 1030. The topological polar surface area (TPSA) is 40.5 Å². The Balaban J connectivity index is 1.95. The Kier molecular flexibility index (Phi) is 5.36. The predicted octanol–water partition coefficient (Wildman–Crippen LogP) is 5.95. The van der Waals surface area contributed by atoms with E-state index in [0.717, 1.165) is 34.6 Å². The average Bonchev–Trinajstić information content (AvgIpc) is 3.12. The van der Waals surface area contributed by atoms with Gasteiger partial charge in [-0.05, 0) is 53.4 Å². The molecular formula is C22H20F3NO2S. The third kappa shape index (κ3) is 3.76. The second kappa shape index (κ2) is 7.80. The van der Waals surface area contributed by atoms with Crippen LogP contribution in [0.3, 0.4) is 0 Å². The molecule has 29 heavy (non-hydrogen) atoms. The van der Waals surface area contributed by atoms with Gasteiger partial charge in [0, 0.05) is 4.70 Å². The van der Waals surface area contributed by atoms with Crippen molar-refractivity contribution in [3.05, 3.63) is 70.6 Å². The molecule has 2 unspecified atom stereocenters. The summed E-state index contributed by atoms with van der Waals surface area (Å²) < 4.78 is 42.5. The van der Waals surface area contributed by atoms with Gasteiger partial charge in [-0.25, -0.2) is 0 Å². The first-order chi connectivity index (χ1) is 13.9. The minimum Gasteiger partial charge on any atom is -0.480 e. The molecule has 0 saturated carbocycles. The highest BCUT2D eigenvalue weighted by molar-refractivity contribution is 7.17. The van der Waals surface area contributed by atoms with Crippen LogP contribution in [0.15, 0.2) is 53.9 Å². The van der Waals surface area contributed by atoms with E-state index in [1.807, 2.05) is 29.6 Å². The first kappa shape index (κ1) is 19.9. The predicted molar refractivity (Wildman–Crippen MR) is 107 cm³/mol. The molecule has 2 atom stereocenters. The molecule has 1 aromatic heterocycles. The summed E-state index contributed by atoms with van der Waals surface area (Å²) in [4.78, 5) is 13.7. The van der Waals surface area contributed by atoms with E-state index >= 15 is 0 Å². The maximum atomic E-state index is 13.9. The lowest BCUT2D eigenvalue weighted by Crippen LogP contribution is -2.47. The van der Waals surface area contributed by atoms with Gasteiger partial charge in [-0.3, -0.25) is 9.69 Å². The average molecular weight is 419 g/mol. The number of thiophene rings is 1. The fourth-order valence-corrected chi connectivity index (χ4v) is 5.24. The highest BCUT2D eigenvalue weighted by atomic mass is 32.1. The fourth-order valence-electron chi connectivity index (χ4n) is 4.26. The third-order valence-electron chi connectivity index (χ3n) is 5.53. The summed E-state index contributed by atoms with van der Waals surface area (Å²) in [5, 5.41) is 12.5. The van der Waals surface area contributed by atoms with E-state index in [4.69, 9.17) is 0 Å². The van der Waals surface area contributed by atoms with Crippen LogP contribution in [0.25, 0.3) is 10.1 Å². The van der Waals surface area contributed by atoms with Gasteiger partial charge < -0.3 is 5.11 Å². The zero-order valence-electron chi connectivity index (χ0n) is 15.5. The Morgan fingerprint density at radius 3 is 2.55 bits per heavy atom. The number of benzene rings is 2. The Morgan fingerprint density at radius 2 is 1.79 bits per heavy atom. The monoisotopic (exact) mass is 419 g/mol. The molecule has 152 valence electrons. The summed E-state index contributed by atoms with van der Waals surface area (Å²) >= 11 is 1.47. The van der Waals surface area contributed by atoms with Crippen LogP contribution < -0.4 is 0 Å². The number of halogens is 3. The lowest BCUT2D eigenvalue weighted by molar-refractivity contribution is -0.145. The number of hydrogen-bond donors (Lipinski definition) is 1. The standard InChI is InChI=1S/C22H20F3NO2S/c23-22(24,25)17-9-3-1-8-15(17)20(26-12-6-5-10-18(26)21(27)28)16-13-29-19-11-4-2-7-14(16)19/h1-4,7-9,11,13,18,20H,5-6,10,12H2,(H,27,28). The molecule has 2 heterocycles. The van der Waals surface area contributed by atoms with Crippen LogP contribution >= 0.6 is 11.3 Å². The van der Waals surface area contributed by atoms with E-state index in [0.29, 0.717) is 13.0 Å². The molecule has 1 aliphatic rings. The minimum absolute atomic E-state index is 0.108. The summed E-state index contributed by atoms with van der Waals surface area (Å²) in [6, 6.07) is 11.5. The SMILES string of the molecule is O=C(O)C1CCCCN1C(c1ccccc1C(F)(F)F)c1csc2ccccc12. The summed E-state index contributed by atoms with van der Waals surface area (Å²) in [6.45, 7) is 0.442. The number of carbonyl (C=O) groups is 1. The van der Waals surface area contributed by atoms with Crippen LogP contribution in [0.1, 0.15) is 42.0 Å². The molecule has 4 rings (SSSR count). The van der Waals surface area contributed by atoms with E-state index in [1.165, 1.54) is 23.5 Å². The molecule has 1 aliphatic heterocycles. The van der Waals surface area contributed by atoms with Gasteiger partial charge in [-0.2, -0.15) is 13.2 Å². The Labute approximate surface area is 170 Å². The van der Waals surface area contributed by atoms with Crippen LogP contribution in [0.5, 0.6) is 0 Å². The number of carboxylic acid groups (broad SMARTS) is 1. The van der Waals surface area contributed by atoms with Gasteiger partial charge in [0.1, 0.15) is 6.04 Å². The molecule has 1 saturated heterocycles. The molecule has 1 N–H and O–H groups in total. The molecule has 3 aromatic rings. The van der Waals surface area contributed by atoms with Crippen molar-refractivity contribution in [3.63, 3.8) is 0 Å². The lowest BCUT2D eigenvalue weighted by atomic mass is 9.89. The van der Waals surface area contributed by atoms with Crippen LogP contribution in [-0.2, 0) is 11.0 Å². The molecule has 3 nitrogen and oxygen atoms in total. The van der Waals surface area contributed by atoms with Crippen molar-refractivity contribution in [2.45, 2.75) is 37.5 Å². The quantitative estimate of drug-likeness (QED) is 0.568. The molecule has 2 aromatic carbocycles. The number of rotatable bonds is 4. The highest BCUT2D eigenvalue weighted by Gasteiger charge is 2.41. The van der Waals surface area contributed by atoms with Crippen molar-refractivity contribution in [3.8, 4) is 0 Å². The summed E-state index contributed by atoms with van der Waals surface area (Å²) in [7, 11) is 0. The largest absolute Gasteiger partial charge is 0.480 e. The number of likely N-dealkylation sites (tertiary alicyclic amines) is 1. The number of hydrogen-bond acceptors (Lipinski definition) is 3. The maximum Gasteiger partial charge on any atom is 0.416 e. The molecule has 7 heteroatoms. The van der Waals surface area contributed by atoms with Gasteiger partial charge in [-0.1, -0.05) is 42.8 Å². The first-order valence-electron chi connectivity index (χ1n) is 9.48. The molecule has 0 spiro atoms. The number of aliphatic carboxylic acids is 1. The Hall–Kier alpha value is -2.38. The second-order valence-corrected chi connectivity index (χ2v) is 8.17.